The summed E-state index contributed by atoms with van der Waals surface area (Å²) in [7, 11) is 5.15. The minimum absolute atomic E-state index is 0.420. The van der Waals surface area contributed by atoms with Crippen LogP contribution in [0.25, 0.3) is 0 Å². The molecule has 0 amide bonds. The van der Waals surface area contributed by atoms with Gasteiger partial charge in [0.25, 0.3) is 0 Å². The number of esters is 1. The van der Waals surface area contributed by atoms with Gasteiger partial charge in [-0.25, -0.2) is 9.00 Å². The highest BCUT2D eigenvalue weighted by Gasteiger charge is 2.15. The SMILES string of the molecule is COC(=O)c1cc(C)c(S(=O)Cl)s1. The minimum atomic E-state index is -1.56. The van der Waals surface area contributed by atoms with Gasteiger partial charge in [0.05, 0.1) is 7.11 Å². The third-order valence-corrected chi connectivity index (χ3v) is 4.47. The van der Waals surface area contributed by atoms with Crippen LogP contribution in [0.4, 0.5) is 0 Å². The lowest BCUT2D eigenvalue weighted by Gasteiger charge is -1.91. The molecule has 1 atom stereocenters. The first-order valence-electron chi connectivity index (χ1n) is 3.33. The van der Waals surface area contributed by atoms with Gasteiger partial charge in [0.2, 0.25) is 0 Å². The van der Waals surface area contributed by atoms with E-state index in [1.165, 1.54) is 7.11 Å². The smallest absolute Gasteiger partial charge is 0.348 e. The standard InChI is InChI=1S/C7H7ClO3S2/c1-4-3-5(6(9)11-2)12-7(4)13(8)10/h3H,1-2H3. The summed E-state index contributed by atoms with van der Waals surface area (Å²) >= 11 is 1.09. The Morgan fingerprint density at radius 2 is 2.31 bits per heavy atom. The van der Waals surface area contributed by atoms with Gasteiger partial charge in [-0.2, -0.15) is 0 Å². The van der Waals surface area contributed by atoms with Crippen LogP contribution in [0.3, 0.4) is 0 Å². The van der Waals surface area contributed by atoms with Gasteiger partial charge in [0.15, 0.2) is 10.0 Å². The molecule has 72 valence electrons. The molecule has 6 heteroatoms. The van der Waals surface area contributed by atoms with E-state index in [2.05, 4.69) is 4.74 Å². The molecule has 1 aromatic heterocycles. The normalized spacial score (nSPS) is 12.5. The van der Waals surface area contributed by atoms with E-state index in [-0.39, 0.29) is 0 Å². The second kappa shape index (κ2) is 4.21. The molecule has 0 saturated heterocycles. The fourth-order valence-electron chi connectivity index (χ4n) is 0.826. The Bertz CT molecular complexity index is 359. The van der Waals surface area contributed by atoms with E-state index in [4.69, 9.17) is 10.7 Å². The minimum Gasteiger partial charge on any atom is -0.465 e. The quantitative estimate of drug-likeness (QED) is 0.586. The van der Waals surface area contributed by atoms with Crippen LogP contribution in [0.2, 0.25) is 0 Å². The van der Waals surface area contributed by atoms with Crippen molar-refractivity contribution in [3.8, 4) is 0 Å². The molecule has 0 bridgehead atoms. The van der Waals surface area contributed by atoms with Crippen molar-refractivity contribution < 1.29 is 13.7 Å². The van der Waals surface area contributed by atoms with Crippen molar-refractivity contribution in [1.29, 1.82) is 0 Å². The van der Waals surface area contributed by atoms with Crippen molar-refractivity contribution >= 4 is 38.0 Å². The molecule has 1 heterocycles. The number of carbonyl (C=O) groups is 1. The van der Waals surface area contributed by atoms with Gasteiger partial charge in [-0.05, 0) is 29.2 Å². The lowest BCUT2D eigenvalue weighted by molar-refractivity contribution is 0.0606. The summed E-state index contributed by atoms with van der Waals surface area (Å²) in [6, 6.07) is 1.62. The number of thiophene rings is 1. The van der Waals surface area contributed by atoms with Crippen molar-refractivity contribution in [3.05, 3.63) is 16.5 Å². The molecular formula is C7H7ClO3S2. The highest BCUT2D eigenvalue weighted by atomic mass is 35.7. The summed E-state index contributed by atoms with van der Waals surface area (Å²) in [5.74, 6) is -0.429. The van der Waals surface area contributed by atoms with Crippen molar-refractivity contribution in [2.45, 2.75) is 11.1 Å². The maximum atomic E-state index is 11.0. The summed E-state index contributed by atoms with van der Waals surface area (Å²) < 4.78 is 15.9. The van der Waals surface area contributed by atoms with E-state index >= 15 is 0 Å². The number of aryl methyl sites for hydroxylation is 1. The Morgan fingerprint density at radius 3 is 2.69 bits per heavy atom. The van der Waals surface area contributed by atoms with Gasteiger partial charge >= 0.3 is 5.97 Å². The number of rotatable bonds is 2. The molecule has 1 unspecified atom stereocenters. The summed E-state index contributed by atoms with van der Waals surface area (Å²) in [5, 5.41) is 0. The van der Waals surface area contributed by atoms with Crippen LogP contribution in [-0.2, 0) is 14.7 Å². The Labute approximate surface area is 86.6 Å². The van der Waals surface area contributed by atoms with Crippen LogP contribution in [-0.4, -0.2) is 17.3 Å². The van der Waals surface area contributed by atoms with Crippen molar-refractivity contribution in [2.75, 3.05) is 7.11 Å². The van der Waals surface area contributed by atoms with E-state index < -0.39 is 16.0 Å². The second-order valence-electron chi connectivity index (χ2n) is 2.30. The molecule has 0 saturated carbocycles. The number of hydrogen-bond acceptors (Lipinski definition) is 4. The van der Waals surface area contributed by atoms with Gasteiger partial charge in [-0.15, -0.1) is 11.3 Å². The fourth-order valence-corrected chi connectivity index (χ4v) is 3.14. The molecule has 13 heavy (non-hydrogen) atoms. The number of ether oxygens (including phenoxy) is 1. The molecule has 0 aromatic carbocycles. The molecule has 3 nitrogen and oxygen atoms in total. The third-order valence-electron chi connectivity index (χ3n) is 1.40. The third kappa shape index (κ3) is 2.30. The van der Waals surface area contributed by atoms with Crippen molar-refractivity contribution in [3.63, 3.8) is 0 Å². The summed E-state index contributed by atoms with van der Waals surface area (Å²) in [6.45, 7) is 1.75. The van der Waals surface area contributed by atoms with Crippen LogP contribution in [0.1, 0.15) is 15.2 Å². The topological polar surface area (TPSA) is 43.4 Å². The fraction of sp³-hybridized carbons (Fsp3) is 0.286. The van der Waals surface area contributed by atoms with Crippen LogP contribution in [0.15, 0.2) is 10.3 Å². The molecule has 0 aliphatic rings. The number of carbonyl (C=O) groups excluding carboxylic acids is 1. The highest BCUT2D eigenvalue weighted by molar-refractivity contribution is 8.09. The molecule has 0 aliphatic carbocycles. The second-order valence-corrected chi connectivity index (χ2v) is 5.30. The molecule has 0 spiro atoms. The van der Waals surface area contributed by atoms with Crippen LogP contribution in [0, 0.1) is 6.92 Å². The van der Waals surface area contributed by atoms with E-state index in [9.17, 15) is 9.00 Å². The van der Waals surface area contributed by atoms with Crippen molar-refractivity contribution in [2.24, 2.45) is 0 Å². The number of hydrogen-bond donors (Lipinski definition) is 0. The van der Waals surface area contributed by atoms with Gasteiger partial charge in [-0.1, -0.05) is 0 Å². The molecule has 0 radical (unpaired) electrons. The lowest BCUT2D eigenvalue weighted by atomic mass is 10.3. The maximum absolute atomic E-state index is 11.0. The lowest BCUT2D eigenvalue weighted by Crippen LogP contribution is -1.96. The van der Waals surface area contributed by atoms with Gasteiger partial charge in [-0.3, -0.25) is 0 Å². The summed E-state index contributed by atoms with van der Waals surface area (Å²) in [5.41, 5.74) is 0.749. The van der Waals surface area contributed by atoms with Gasteiger partial charge in [0.1, 0.15) is 9.09 Å². The largest absolute Gasteiger partial charge is 0.465 e. The van der Waals surface area contributed by atoms with Gasteiger partial charge < -0.3 is 4.74 Å². The molecule has 1 rings (SSSR count). The molecule has 0 N–H and O–H groups in total. The average Bonchev–Trinajstić information content (AvgIpc) is 2.46. The monoisotopic (exact) mass is 238 g/mol. The van der Waals surface area contributed by atoms with Crippen LogP contribution in [0.5, 0.6) is 0 Å². The van der Waals surface area contributed by atoms with E-state index in [0.717, 1.165) is 16.9 Å². The van der Waals surface area contributed by atoms with E-state index in [0.29, 0.717) is 9.09 Å². The zero-order chi connectivity index (χ0) is 10.0. The number of methoxy groups -OCH3 is 1. The maximum Gasteiger partial charge on any atom is 0.348 e. The Kier molecular flexibility index (Phi) is 3.47. The predicted molar refractivity (Wildman–Crippen MR) is 52.7 cm³/mol. The van der Waals surface area contributed by atoms with Crippen LogP contribution >= 0.6 is 22.0 Å². The summed E-state index contributed by atoms with van der Waals surface area (Å²) in [4.78, 5) is 11.5. The van der Waals surface area contributed by atoms with Crippen LogP contribution < -0.4 is 0 Å². The zero-order valence-corrected chi connectivity index (χ0v) is 9.39. The molecular weight excluding hydrogens is 232 g/mol. The first kappa shape index (κ1) is 10.7. The molecule has 0 aliphatic heterocycles. The number of halogens is 1. The van der Waals surface area contributed by atoms with E-state index in [1.54, 1.807) is 13.0 Å². The van der Waals surface area contributed by atoms with Crippen molar-refractivity contribution in [1.82, 2.24) is 0 Å². The van der Waals surface area contributed by atoms with Gasteiger partial charge in [0, 0.05) is 0 Å². The average molecular weight is 239 g/mol. The first-order valence-corrected chi connectivity index (χ1v) is 6.12. The Morgan fingerprint density at radius 1 is 1.69 bits per heavy atom. The highest BCUT2D eigenvalue weighted by Crippen LogP contribution is 2.27. The molecule has 1 aromatic rings. The predicted octanol–water partition coefficient (Wildman–Crippen LogP) is 2.10. The summed E-state index contributed by atoms with van der Waals surface area (Å²) in [6.07, 6.45) is 0. The Hall–Kier alpha value is -0.390. The van der Waals surface area contributed by atoms with E-state index in [1.807, 2.05) is 0 Å². The first-order chi connectivity index (χ1) is 6.06. The molecule has 0 fully saturated rings. The Balaban J connectivity index is 3.09. The zero-order valence-electron chi connectivity index (χ0n) is 7.00.